The van der Waals surface area contributed by atoms with E-state index in [0.29, 0.717) is 31.5 Å². The normalized spacial score (nSPS) is 12.8. The van der Waals surface area contributed by atoms with Crippen LogP contribution in [0, 0.1) is 19.8 Å². The van der Waals surface area contributed by atoms with Crippen molar-refractivity contribution in [2.75, 3.05) is 19.7 Å². The molecule has 0 heterocycles. The molecular formula is C17H29ClN2O. The first-order valence-electron chi connectivity index (χ1n) is 7.82. The molecule has 0 aliphatic rings. The van der Waals surface area contributed by atoms with E-state index >= 15 is 0 Å². The summed E-state index contributed by atoms with van der Waals surface area (Å²) < 4.78 is 5.86. The van der Waals surface area contributed by atoms with Crippen LogP contribution in [0.15, 0.2) is 6.07 Å². The topological polar surface area (TPSA) is 61.3 Å². The minimum absolute atomic E-state index is 0.337. The summed E-state index contributed by atoms with van der Waals surface area (Å²) in [5.74, 6) is 1.67. The minimum atomic E-state index is 0.337. The van der Waals surface area contributed by atoms with E-state index in [-0.39, 0.29) is 0 Å². The molecule has 1 atom stereocenters. The van der Waals surface area contributed by atoms with E-state index in [2.05, 4.69) is 19.9 Å². The number of halogens is 1. The molecule has 0 bridgehead atoms. The smallest absolute Gasteiger partial charge is 0.123 e. The molecule has 0 amide bonds. The summed E-state index contributed by atoms with van der Waals surface area (Å²) in [6, 6.07) is 2.05. The first-order valence-corrected chi connectivity index (χ1v) is 8.20. The molecule has 120 valence electrons. The molecule has 0 saturated heterocycles. The van der Waals surface area contributed by atoms with E-state index in [4.69, 9.17) is 27.8 Å². The lowest BCUT2D eigenvalue weighted by Crippen LogP contribution is -2.25. The molecule has 1 aromatic rings. The molecular weight excluding hydrogens is 284 g/mol. The van der Waals surface area contributed by atoms with Crippen LogP contribution in [0.25, 0.3) is 0 Å². The second kappa shape index (κ2) is 8.62. The highest BCUT2D eigenvalue weighted by Crippen LogP contribution is 2.40. The zero-order chi connectivity index (χ0) is 16.0. The number of nitrogens with two attached hydrogens (primary N) is 2. The third-order valence-corrected chi connectivity index (χ3v) is 4.76. The van der Waals surface area contributed by atoms with Gasteiger partial charge in [-0.15, -0.1) is 0 Å². The highest BCUT2D eigenvalue weighted by molar-refractivity contribution is 6.32. The van der Waals surface area contributed by atoms with Crippen molar-refractivity contribution in [1.82, 2.24) is 0 Å². The van der Waals surface area contributed by atoms with Crippen molar-refractivity contribution in [1.29, 1.82) is 0 Å². The van der Waals surface area contributed by atoms with Gasteiger partial charge >= 0.3 is 0 Å². The molecule has 21 heavy (non-hydrogen) atoms. The Morgan fingerprint density at radius 3 is 2.29 bits per heavy atom. The van der Waals surface area contributed by atoms with Crippen LogP contribution in [0.4, 0.5) is 0 Å². The third-order valence-electron chi connectivity index (χ3n) is 4.18. The number of hydrogen-bond acceptors (Lipinski definition) is 3. The average molecular weight is 313 g/mol. The van der Waals surface area contributed by atoms with Gasteiger partial charge in [0, 0.05) is 10.6 Å². The standard InChI is InChI=1S/C17H29ClN2O/c1-5-14(8-13(9-19)10-20)16-12(4)17(18)11(3)7-15(16)21-6-2/h7,13-14H,5-6,8-10,19-20H2,1-4H3. The van der Waals surface area contributed by atoms with Crippen molar-refractivity contribution in [2.24, 2.45) is 17.4 Å². The molecule has 0 saturated carbocycles. The highest BCUT2D eigenvalue weighted by Gasteiger charge is 2.23. The maximum absolute atomic E-state index is 6.46. The van der Waals surface area contributed by atoms with Gasteiger partial charge in [0.05, 0.1) is 6.61 Å². The van der Waals surface area contributed by atoms with Gasteiger partial charge < -0.3 is 16.2 Å². The second-order valence-corrected chi connectivity index (χ2v) is 6.03. The minimum Gasteiger partial charge on any atom is -0.494 e. The van der Waals surface area contributed by atoms with Gasteiger partial charge in [0.25, 0.3) is 0 Å². The fourth-order valence-electron chi connectivity index (χ4n) is 2.90. The van der Waals surface area contributed by atoms with Gasteiger partial charge in [-0.2, -0.15) is 0 Å². The number of hydrogen-bond donors (Lipinski definition) is 2. The summed E-state index contributed by atoms with van der Waals surface area (Å²) in [5.41, 5.74) is 15.0. The quantitative estimate of drug-likeness (QED) is 0.768. The Labute approximate surface area is 134 Å². The number of ether oxygens (including phenoxy) is 1. The van der Waals surface area contributed by atoms with Crippen LogP contribution >= 0.6 is 11.6 Å². The molecule has 0 spiro atoms. The Hall–Kier alpha value is -0.770. The highest BCUT2D eigenvalue weighted by atomic mass is 35.5. The Kier molecular flexibility index (Phi) is 7.50. The fraction of sp³-hybridized carbons (Fsp3) is 0.647. The zero-order valence-electron chi connectivity index (χ0n) is 13.7. The summed E-state index contributed by atoms with van der Waals surface area (Å²) in [4.78, 5) is 0. The molecule has 0 radical (unpaired) electrons. The Bertz CT molecular complexity index is 459. The largest absolute Gasteiger partial charge is 0.494 e. The molecule has 4 N–H and O–H groups in total. The van der Waals surface area contributed by atoms with Crippen LogP contribution < -0.4 is 16.2 Å². The number of aryl methyl sites for hydroxylation is 1. The van der Waals surface area contributed by atoms with E-state index in [0.717, 1.165) is 34.7 Å². The van der Waals surface area contributed by atoms with Gasteiger partial charge in [0.2, 0.25) is 0 Å². The van der Waals surface area contributed by atoms with E-state index in [1.807, 2.05) is 13.8 Å². The van der Waals surface area contributed by atoms with Crippen LogP contribution in [-0.2, 0) is 0 Å². The first-order chi connectivity index (χ1) is 9.99. The molecule has 0 aliphatic heterocycles. The Morgan fingerprint density at radius 2 is 1.81 bits per heavy atom. The van der Waals surface area contributed by atoms with E-state index in [1.165, 1.54) is 5.56 Å². The maximum atomic E-state index is 6.46. The van der Waals surface area contributed by atoms with Crippen molar-refractivity contribution in [3.05, 3.63) is 27.8 Å². The van der Waals surface area contributed by atoms with Gasteiger partial charge in [0.1, 0.15) is 5.75 Å². The number of rotatable bonds is 8. The van der Waals surface area contributed by atoms with Gasteiger partial charge in [-0.1, -0.05) is 18.5 Å². The molecule has 1 aromatic carbocycles. The first kappa shape index (κ1) is 18.3. The Balaban J connectivity index is 3.26. The summed E-state index contributed by atoms with van der Waals surface area (Å²) in [6.45, 7) is 10.2. The SMILES string of the molecule is CCOc1cc(C)c(Cl)c(C)c1C(CC)CC(CN)CN. The van der Waals surface area contributed by atoms with Crippen LogP contribution in [0.1, 0.15) is 49.3 Å². The zero-order valence-corrected chi connectivity index (χ0v) is 14.5. The number of benzene rings is 1. The second-order valence-electron chi connectivity index (χ2n) is 5.66. The van der Waals surface area contributed by atoms with E-state index in [9.17, 15) is 0 Å². The summed E-state index contributed by atoms with van der Waals surface area (Å²) in [7, 11) is 0. The van der Waals surface area contributed by atoms with Gasteiger partial charge in [0.15, 0.2) is 0 Å². The Morgan fingerprint density at radius 1 is 1.19 bits per heavy atom. The van der Waals surface area contributed by atoms with Crippen molar-refractivity contribution < 1.29 is 4.74 Å². The summed E-state index contributed by atoms with van der Waals surface area (Å²) in [6.07, 6.45) is 2.00. The van der Waals surface area contributed by atoms with Crippen molar-refractivity contribution >= 4 is 11.6 Å². The van der Waals surface area contributed by atoms with Crippen LogP contribution in [0.2, 0.25) is 5.02 Å². The van der Waals surface area contributed by atoms with E-state index in [1.54, 1.807) is 0 Å². The van der Waals surface area contributed by atoms with Crippen molar-refractivity contribution in [2.45, 2.75) is 46.5 Å². The predicted octanol–water partition coefficient (Wildman–Crippen LogP) is 3.77. The predicted molar refractivity (Wildman–Crippen MR) is 91.3 cm³/mol. The molecule has 3 nitrogen and oxygen atoms in total. The van der Waals surface area contributed by atoms with Crippen LogP contribution in [0.3, 0.4) is 0 Å². The monoisotopic (exact) mass is 312 g/mol. The summed E-state index contributed by atoms with van der Waals surface area (Å²) >= 11 is 6.46. The maximum Gasteiger partial charge on any atom is 0.123 e. The fourth-order valence-corrected chi connectivity index (χ4v) is 3.05. The summed E-state index contributed by atoms with van der Waals surface area (Å²) in [5, 5.41) is 0.837. The lowest BCUT2D eigenvalue weighted by Gasteiger charge is -2.26. The van der Waals surface area contributed by atoms with Crippen LogP contribution in [0.5, 0.6) is 5.75 Å². The van der Waals surface area contributed by atoms with E-state index < -0.39 is 0 Å². The van der Waals surface area contributed by atoms with Crippen molar-refractivity contribution in [3.8, 4) is 5.75 Å². The third kappa shape index (κ3) is 4.35. The van der Waals surface area contributed by atoms with Gasteiger partial charge in [-0.25, -0.2) is 0 Å². The van der Waals surface area contributed by atoms with Crippen molar-refractivity contribution in [3.63, 3.8) is 0 Å². The lowest BCUT2D eigenvalue weighted by molar-refractivity contribution is 0.329. The molecule has 1 rings (SSSR count). The lowest BCUT2D eigenvalue weighted by atomic mass is 9.83. The van der Waals surface area contributed by atoms with Gasteiger partial charge in [-0.05, 0) is 75.7 Å². The van der Waals surface area contributed by atoms with Crippen LogP contribution in [-0.4, -0.2) is 19.7 Å². The van der Waals surface area contributed by atoms with Gasteiger partial charge in [-0.3, -0.25) is 0 Å². The molecule has 1 unspecified atom stereocenters. The molecule has 0 aromatic heterocycles. The molecule has 0 aliphatic carbocycles. The molecule has 0 fully saturated rings. The molecule has 4 heteroatoms. The average Bonchev–Trinajstić information content (AvgIpc) is 2.48.